The van der Waals surface area contributed by atoms with Gasteiger partial charge in [-0.25, -0.2) is 0 Å². The van der Waals surface area contributed by atoms with Crippen molar-refractivity contribution in [3.05, 3.63) is 29.8 Å². The fourth-order valence-corrected chi connectivity index (χ4v) is 3.95. The van der Waals surface area contributed by atoms with Gasteiger partial charge in [0.05, 0.1) is 5.41 Å². The quantitative estimate of drug-likeness (QED) is 0.727. The second-order valence-corrected chi connectivity index (χ2v) is 6.93. The maximum Gasteiger partial charge on any atom is 0.233 e. The van der Waals surface area contributed by atoms with Crippen LogP contribution < -0.4 is 4.90 Å². The van der Waals surface area contributed by atoms with Crippen molar-refractivity contribution in [1.82, 2.24) is 0 Å². The van der Waals surface area contributed by atoms with Gasteiger partial charge in [-0.3, -0.25) is 9.59 Å². The number of rotatable bonds is 0. The molecular formula is C17H21NO2. The zero-order chi connectivity index (χ0) is 14.5. The van der Waals surface area contributed by atoms with Gasteiger partial charge >= 0.3 is 0 Å². The Hall–Kier alpha value is -1.64. The van der Waals surface area contributed by atoms with Gasteiger partial charge in [0.25, 0.3) is 0 Å². The van der Waals surface area contributed by atoms with Gasteiger partial charge in [-0.2, -0.15) is 0 Å². The molecule has 20 heavy (non-hydrogen) atoms. The lowest BCUT2D eigenvalue weighted by Gasteiger charge is -2.47. The SMILES string of the molecule is CN1C(=O)C2(CCC(=O)C(C)(C)C2)Cc2ccccc21. The summed E-state index contributed by atoms with van der Waals surface area (Å²) in [6.45, 7) is 3.95. The highest BCUT2D eigenvalue weighted by Gasteiger charge is 2.52. The molecule has 0 radical (unpaired) electrons. The first-order chi connectivity index (χ1) is 9.36. The molecule has 106 valence electrons. The number of benzene rings is 1. The topological polar surface area (TPSA) is 37.4 Å². The van der Waals surface area contributed by atoms with Crippen molar-refractivity contribution in [2.75, 3.05) is 11.9 Å². The van der Waals surface area contributed by atoms with E-state index in [0.717, 1.165) is 12.1 Å². The predicted molar refractivity (Wildman–Crippen MR) is 78.6 cm³/mol. The molecule has 1 aliphatic carbocycles. The van der Waals surface area contributed by atoms with Gasteiger partial charge in [-0.1, -0.05) is 32.0 Å². The molecule has 0 saturated heterocycles. The van der Waals surface area contributed by atoms with Crippen LogP contribution in [0, 0.1) is 10.8 Å². The van der Waals surface area contributed by atoms with Gasteiger partial charge in [0.1, 0.15) is 5.78 Å². The van der Waals surface area contributed by atoms with E-state index < -0.39 is 0 Å². The molecule has 2 aliphatic rings. The average molecular weight is 271 g/mol. The molecular weight excluding hydrogens is 250 g/mol. The fourth-order valence-electron chi connectivity index (χ4n) is 3.95. The number of Topliss-reactive ketones (excluding diaryl/α,β-unsaturated/α-hetero) is 1. The summed E-state index contributed by atoms with van der Waals surface area (Å²) in [7, 11) is 1.85. The van der Waals surface area contributed by atoms with Gasteiger partial charge < -0.3 is 4.90 Å². The Bertz CT molecular complexity index is 590. The molecule has 3 rings (SSSR count). The van der Waals surface area contributed by atoms with Crippen molar-refractivity contribution < 1.29 is 9.59 Å². The summed E-state index contributed by atoms with van der Waals surface area (Å²) in [6.07, 6.45) is 2.64. The van der Waals surface area contributed by atoms with Crippen LogP contribution in [0.15, 0.2) is 24.3 Å². The highest BCUT2D eigenvalue weighted by atomic mass is 16.2. The van der Waals surface area contributed by atoms with Crippen molar-refractivity contribution in [2.45, 2.75) is 39.5 Å². The molecule has 1 atom stereocenters. The van der Waals surface area contributed by atoms with E-state index in [2.05, 4.69) is 6.07 Å². The van der Waals surface area contributed by atoms with Crippen molar-refractivity contribution in [3.8, 4) is 0 Å². The van der Waals surface area contributed by atoms with Crippen LogP contribution in [0.2, 0.25) is 0 Å². The molecule has 3 nitrogen and oxygen atoms in total. The Balaban J connectivity index is 2.04. The van der Waals surface area contributed by atoms with Crippen molar-refractivity contribution >= 4 is 17.4 Å². The lowest BCUT2D eigenvalue weighted by atomic mass is 9.59. The van der Waals surface area contributed by atoms with E-state index in [0.29, 0.717) is 19.3 Å². The van der Waals surface area contributed by atoms with E-state index >= 15 is 0 Å². The third kappa shape index (κ3) is 1.80. The molecule has 0 bridgehead atoms. The number of hydrogen-bond donors (Lipinski definition) is 0. The summed E-state index contributed by atoms with van der Waals surface area (Å²) in [4.78, 5) is 26.7. The van der Waals surface area contributed by atoms with E-state index in [1.165, 1.54) is 5.56 Å². The molecule has 1 aromatic rings. The monoisotopic (exact) mass is 271 g/mol. The van der Waals surface area contributed by atoms with Crippen LogP contribution in [0.4, 0.5) is 5.69 Å². The first-order valence-corrected chi connectivity index (χ1v) is 7.25. The lowest BCUT2D eigenvalue weighted by molar-refractivity contribution is -0.141. The summed E-state index contributed by atoms with van der Waals surface area (Å²) in [5.41, 5.74) is 1.46. The van der Waals surface area contributed by atoms with Crippen molar-refractivity contribution in [3.63, 3.8) is 0 Å². The number of para-hydroxylation sites is 1. The van der Waals surface area contributed by atoms with Crippen molar-refractivity contribution in [2.24, 2.45) is 10.8 Å². The summed E-state index contributed by atoms with van der Waals surface area (Å²) >= 11 is 0. The Morgan fingerprint density at radius 1 is 1.15 bits per heavy atom. The number of fused-ring (bicyclic) bond motifs is 1. The highest BCUT2D eigenvalue weighted by molar-refractivity contribution is 6.01. The number of ketones is 1. The molecule has 1 amide bonds. The molecule has 0 aromatic heterocycles. The number of anilines is 1. The molecule has 1 heterocycles. The number of nitrogens with zero attached hydrogens (tertiary/aromatic N) is 1. The summed E-state index contributed by atoms with van der Waals surface area (Å²) in [5.74, 6) is 0.467. The molecule has 0 N–H and O–H groups in total. The molecule has 1 aromatic carbocycles. The molecule has 1 saturated carbocycles. The molecule has 1 unspecified atom stereocenters. The van der Waals surface area contributed by atoms with Gasteiger partial charge in [0, 0.05) is 24.6 Å². The van der Waals surface area contributed by atoms with Crippen LogP contribution in [-0.4, -0.2) is 18.7 Å². The zero-order valence-electron chi connectivity index (χ0n) is 12.4. The summed E-state index contributed by atoms with van der Waals surface area (Å²) in [6, 6.07) is 8.09. The minimum absolute atomic E-state index is 0.178. The largest absolute Gasteiger partial charge is 0.315 e. The fraction of sp³-hybridized carbons (Fsp3) is 0.529. The minimum Gasteiger partial charge on any atom is -0.315 e. The first kappa shape index (κ1) is 13.3. The van der Waals surface area contributed by atoms with Gasteiger partial charge in [-0.15, -0.1) is 0 Å². The maximum absolute atomic E-state index is 12.9. The minimum atomic E-state index is -0.388. The van der Waals surface area contributed by atoms with Gasteiger partial charge in [0.2, 0.25) is 5.91 Å². The highest BCUT2D eigenvalue weighted by Crippen LogP contribution is 2.50. The van der Waals surface area contributed by atoms with E-state index in [9.17, 15) is 9.59 Å². The van der Waals surface area contributed by atoms with Crippen LogP contribution in [0.25, 0.3) is 0 Å². The Morgan fingerprint density at radius 3 is 2.55 bits per heavy atom. The average Bonchev–Trinajstić information content (AvgIpc) is 2.41. The first-order valence-electron chi connectivity index (χ1n) is 7.25. The molecule has 3 heteroatoms. The molecule has 1 spiro atoms. The normalized spacial score (nSPS) is 28.6. The van der Waals surface area contributed by atoms with Crippen LogP contribution in [0.5, 0.6) is 0 Å². The Labute approximate surface area is 120 Å². The Kier molecular flexibility index (Phi) is 2.79. The number of carbonyl (C=O) groups is 2. The third-order valence-electron chi connectivity index (χ3n) is 5.01. The van der Waals surface area contributed by atoms with Crippen molar-refractivity contribution in [1.29, 1.82) is 0 Å². The third-order valence-corrected chi connectivity index (χ3v) is 5.01. The van der Waals surface area contributed by atoms with E-state index in [-0.39, 0.29) is 22.5 Å². The van der Waals surface area contributed by atoms with Gasteiger partial charge in [-0.05, 0) is 30.9 Å². The zero-order valence-corrected chi connectivity index (χ0v) is 12.4. The lowest BCUT2D eigenvalue weighted by Crippen LogP contribution is -2.53. The predicted octanol–water partition coefficient (Wildman–Crippen LogP) is 2.97. The van der Waals surface area contributed by atoms with E-state index in [1.807, 2.05) is 39.1 Å². The molecule has 1 aliphatic heterocycles. The number of amides is 1. The smallest absolute Gasteiger partial charge is 0.233 e. The number of hydrogen-bond acceptors (Lipinski definition) is 2. The second-order valence-electron chi connectivity index (χ2n) is 6.93. The standard InChI is InChI=1S/C17H21NO2/c1-16(2)11-17(9-8-14(16)19)10-12-6-4-5-7-13(12)18(3)15(17)20/h4-7H,8-11H2,1-3H3. The van der Waals surface area contributed by atoms with Crippen LogP contribution in [0.1, 0.15) is 38.7 Å². The summed E-state index contributed by atoms with van der Waals surface area (Å²) < 4.78 is 0. The Morgan fingerprint density at radius 2 is 1.85 bits per heavy atom. The van der Waals surface area contributed by atoms with Crippen LogP contribution in [0.3, 0.4) is 0 Å². The maximum atomic E-state index is 12.9. The van der Waals surface area contributed by atoms with Crippen LogP contribution in [-0.2, 0) is 16.0 Å². The van der Waals surface area contributed by atoms with Crippen LogP contribution >= 0.6 is 0 Å². The molecule has 1 fully saturated rings. The van der Waals surface area contributed by atoms with Gasteiger partial charge in [0.15, 0.2) is 0 Å². The second kappa shape index (κ2) is 4.18. The summed E-state index contributed by atoms with van der Waals surface area (Å²) in [5, 5.41) is 0. The number of carbonyl (C=O) groups excluding carboxylic acids is 2. The van der Waals surface area contributed by atoms with E-state index in [1.54, 1.807) is 4.90 Å². The van der Waals surface area contributed by atoms with E-state index in [4.69, 9.17) is 0 Å².